The van der Waals surface area contributed by atoms with Gasteiger partial charge in [0.05, 0.1) is 5.56 Å². The molecule has 1 aliphatic heterocycles. The molecule has 2 aromatic rings. The van der Waals surface area contributed by atoms with E-state index in [9.17, 15) is 13.6 Å². The zero-order chi connectivity index (χ0) is 20.1. The minimum atomic E-state index is -2.56. The summed E-state index contributed by atoms with van der Waals surface area (Å²) in [5.74, 6) is -1.37. The molecule has 1 fully saturated rings. The summed E-state index contributed by atoms with van der Waals surface area (Å²) in [7, 11) is 0. The van der Waals surface area contributed by atoms with Crippen LogP contribution in [0.4, 0.5) is 20.5 Å². The third-order valence-electron chi connectivity index (χ3n) is 4.38. The molecule has 0 spiro atoms. The SMILES string of the molecule is CCNc1cc(C)nc(N2CCN(C(=O)c3ccccc3SC(F)F)CC2)n1. The molecule has 0 aliphatic carbocycles. The Morgan fingerprint density at radius 3 is 2.61 bits per heavy atom. The van der Waals surface area contributed by atoms with Crippen LogP contribution in [0.5, 0.6) is 0 Å². The van der Waals surface area contributed by atoms with Crippen LogP contribution in [0, 0.1) is 6.92 Å². The van der Waals surface area contributed by atoms with Crippen molar-refractivity contribution in [3.8, 4) is 0 Å². The second-order valence-electron chi connectivity index (χ2n) is 6.38. The fourth-order valence-corrected chi connectivity index (χ4v) is 3.72. The minimum absolute atomic E-state index is 0.220. The zero-order valence-electron chi connectivity index (χ0n) is 15.9. The molecule has 1 aromatic heterocycles. The third kappa shape index (κ3) is 4.89. The van der Waals surface area contributed by atoms with E-state index in [-0.39, 0.29) is 5.91 Å². The number of aryl methyl sites for hydroxylation is 1. The van der Waals surface area contributed by atoms with Crippen molar-refractivity contribution in [3.63, 3.8) is 0 Å². The smallest absolute Gasteiger partial charge is 0.288 e. The van der Waals surface area contributed by atoms with Gasteiger partial charge in [0, 0.05) is 49.4 Å². The van der Waals surface area contributed by atoms with Gasteiger partial charge in [-0.2, -0.15) is 13.8 Å². The van der Waals surface area contributed by atoms with Crippen molar-refractivity contribution in [2.24, 2.45) is 0 Å². The van der Waals surface area contributed by atoms with E-state index in [1.165, 1.54) is 0 Å². The molecule has 1 aromatic carbocycles. The molecule has 1 N–H and O–H groups in total. The summed E-state index contributed by atoms with van der Waals surface area (Å²) in [6, 6.07) is 8.41. The van der Waals surface area contributed by atoms with Crippen LogP contribution in [0.2, 0.25) is 0 Å². The number of carbonyl (C=O) groups excluding carboxylic acids is 1. The van der Waals surface area contributed by atoms with E-state index in [1.54, 1.807) is 29.2 Å². The summed E-state index contributed by atoms with van der Waals surface area (Å²) < 4.78 is 25.6. The van der Waals surface area contributed by atoms with Gasteiger partial charge in [-0.25, -0.2) is 4.98 Å². The Labute approximate surface area is 167 Å². The number of nitrogens with one attached hydrogen (secondary N) is 1. The first-order chi connectivity index (χ1) is 13.5. The van der Waals surface area contributed by atoms with E-state index in [1.807, 2.05) is 24.8 Å². The van der Waals surface area contributed by atoms with Crippen molar-refractivity contribution < 1.29 is 13.6 Å². The largest absolute Gasteiger partial charge is 0.370 e. The topological polar surface area (TPSA) is 61.4 Å². The number of aromatic nitrogens is 2. The lowest BCUT2D eigenvalue weighted by molar-refractivity contribution is 0.0742. The molecule has 0 atom stereocenters. The predicted molar refractivity (Wildman–Crippen MR) is 107 cm³/mol. The number of rotatable bonds is 6. The molecule has 2 heterocycles. The summed E-state index contributed by atoms with van der Waals surface area (Å²) in [6.07, 6.45) is 0. The molecule has 150 valence electrons. The van der Waals surface area contributed by atoms with Gasteiger partial charge < -0.3 is 15.1 Å². The molecule has 0 saturated carbocycles. The molecule has 28 heavy (non-hydrogen) atoms. The number of benzene rings is 1. The van der Waals surface area contributed by atoms with Crippen molar-refractivity contribution in [1.29, 1.82) is 0 Å². The second kappa shape index (κ2) is 9.18. The van der Waals surface area contributed by atoms with Crippen molar-refractivity contribution in [2.75, 3.05) is 42.9 Å². The number of anilines is 2. The Morgan fingerprint density at radius 1 is 1.21 bits per heavy atom. The first-order valence-electron chi connectivity index (χ1n) is 9.15. The number of hydrogen-bond donors (Lipinski definition) is 1. The predicted octanol–water partition coefficient (Wildman–Crippen LogP) is 3.49. The summed E-state index contributed by atoms with van der Waals surface area (Å²) in [4.78, 5) is 25.9. The Hall–Kier alpha value is -2.42. The number of carbonyl (C=O) groups is 1. The number of nitrogens with zero attached hydrogens (tertiary/aromatic N) is 4. The van der Waals surface area contributed by atoms with Gasteiger partial charge in [-0.05, 0) is 26.0 Å². The first kappa shape index (κ1) is 20.3. The van der Waals surface area contributed by atoms with Crippen molar-refractivity contribution in [2.45, 2.75) is 24.5 Å². The highest BCUT2D eigenvalue weighted by molar-refractivity contribution is 7.99. The van der Waals surface area contributed by atoms with Gasteiger partial charge >= 0.3 is 0 Å². The molecule has 0 unspecified atom stereocenters. The van der Waals surface area contributed by atoms with E-state index < -0.39 is 5.76 Å². The fourth-order valence-electron chi connectivity index (χ4n) is 3.09. The maximum atomic E-state index is 12.8. The monoisotopic (exact) mass is 407 g/mol. The first-order valence-corrected chi connectivity index (χ1v) is 10.0. The highest BCUT2D eigenvalue weighted by Crippen LogP contribution is 2.29. The van der Waals surface area contributed by atoms with Crippen LogP contribution in [0.3, 0.4) is 0 Å². The molecule has 0 bridgehead atoms. The number of halogens is 2. The van der Waals surface area contributed by atoms with Crippen molar-refractivity contribution in [1.82, 2.24) is 14.9 Å². The lowest BCUT2D eigenvalue weighted by atomic mass is 10.2. The summed E-state index contributed by atoms with van der Waals surface area (Å²) in [5.41, 5.74) is 1.19. The van der Waals surface area contributed by atoms with Crippen LogP contribution in [-0.2, 0) is 0 Å². The van der Waals surface area contributed by atoms with E-state index in [0.29, 0.717) is 54.3 Å². The minimum Gasteiger partial charge on any atom is -0.370 e. The quantitative estimate of drug-likeness (QED) is 0.740. The molecule has 1 saturated heterocycles. The Morgan fingerprint density at radius 2 is 1.93 bits per heavy atom. The zero-order valence-corrected chi connectivity index (χ0v) is 16.7. The van der Waals surface area contributed by atoms with Crippen LogP contribution in [-0.4, -0.2) is 59.3 Å². The van der Waals surface area contributed by atoms with Crippen molar-refractivity contribution in [3.05, 3.63) is 41.6 Å². The standard InChI is InChI=1S/C19H23F2N5OS/c1-3-22-16-12-13(2)23-19(24-16)26-10-8-25(9-11-26)17(27)14-6-4-5-7-15(14)28-18(20)21/h4-7,12,18H,3,8-11H2,1-2H3,(H,22,23,24). The molecule has 6 nitrogen and oxygen atoms in total. The van der Waals surface area contributed by atoms with E-state index >= 15 is 0 Å². The molecular weight excluding hydrogens is 384 g/mol. The second-order valence-corrected chi connectivity index (χ2v) is 7.41. The van der Waals surface area contributed by atoms with Gasteiger partial charge in [-0.15, -0.1) is 0 Å². The number of hydrogen-bond acceptors (Lipinski definition) is 6. The Balaban J connectivity index is 1.68. The van der Waals surface area contributed by atoms with Crippen LogP contribution >= 0.6 is 11.8 Å². The molecule has 3 rings (SSSR count). The normalized spacial score (nSPS) is 14.5. The summed E-state index contributed by atoms with van der Waals surface area (Å²) >= 11 is 0.404. The van der Waals surface area contributed by atoms with Crippen LogP contribution < -0.4 is 10.2 Å². The van der Waals surface area contributed by atoms with Gasteiger partial charge in [-0.3, -0.25) is 4.79 Å². The lowest BCUT2D eigenvalue weighted by Crippen LogP contribution is -2.49. The molecule has 0 radical (unpaired) electrons. The van der Waals surface area contributed by atoms with E-state index in [2.05, 4.69) is 15.3 Å². The average molecular weight is 407 g/mol. The maximum Gasteiger partial charge on any atom is 0.288 e. The van der Waals surface area contributed by atoms with E-state index in [4.69, 9.17) is 0 Å². The fraction of sp³-hybridized carbons (Fsp3) is 0.421. The summed E-state index contributed by atoms with van der Waals surface area (Å²) in [6.45, 7) is 6.85. The molecule has 9 heteroatoms. The van der Waals surface area contributed by atoms with Crippen LogP contribution in [0.15, 0.2) is 35.2 Å². The van der Waals surface area contributed by atoms with E-state index in [0.717, 1.165) is 18.1 Å². The Kier molecular flexibility index (Phi) is 6.66. The maximum absolute atomic E-state index is 12.8. The average Bonchev–Trinajstić information content (AvgIpc) is 2.67. The van der Waals surface area contributed by atoms with Crippen LogP contribution in [0.25, 0.3) is 0 Å². The molecule has 1 amide bonds. The number of piperazine rings is 1. The van der Waals surface area contributed by atoms with Gasteiger partial charge in [0.2, 0.25) is 5.95 Å². The van der Waals surface area contributed by atoms with Gasteiger partial charge in [-0.1, -0.05) is 23.9 Å². The van der Waals surface area contributed by atoms with Gasteiger partial charge in [0.25, 0.3) is 11.7 Å². The number of alkyl halides is 2. The third-order valence-corrected chi connectivity index (χ3v) is 5.17. The highest BCUT2D eigenvalue weighted by atomic mass is 32.2. The highest BCUT2D eigenvalue weighted by Gasteiger charge is 2.26. The van der Waals surface area contributed by atoms with Gasteiger partial charge in [0.1, 0.15) is 5.82 Å². The Bertz CT molecular complexity index is 828. The molecule has 1 aliphatic rings. The lowest BCUT2D eigenvalue weighted by Gasteiger charge is -2.35. The number of thioether (sulfide) groups is 1. The number of amides is 1. The molecular formula is C19H23F2N5OS. The van der Waals surface area contributed by atoms with Crippen molar-refractivity contribution >= 4 is 29.4 Å². The summed E-state index contributed by atoms with van der Waals surface area (Å²) in [5, 5.41) is 3.19. The van der Waals surface area contributed by atoms with Gasteiger partial charge in [0.15, 0.2) is 0 Å². The van der Waals surface area contributed by atoms with Crippen LogP contribution in [0.1, 0.15) is 23.0 Å².